The Hall–Kier alpha value is -3.45. The summed E-state index contributed by atoms with van der Waals surface area (Å²) in [5.41, 5.74) is 3.92. The van der Waals surface area contributed by atoms with E-state index in [4.69, 9.17) is 9.72 Å². The Morgan fingerprint density at radius 3 is 2.65 bits per heavy atom. The fourth-order valence-electron chi connectivity index (χ4n) is 3.29. The Kier molecular flexibility index (Phi) is 6.43. The molecule has 7 heteroatoms. The van der Waals surface area contributed by atoms with Crippen LogP contribution >= 0.6 is 11.3 Å². The van der Waals surface area contributed by atoms with E-state index in [1.165, 1.54) is 16.9 Å². The molecule has 0 aliphatic rings. The number of aryl methyl sites for hydroxylation is 2. The van der Waals surface area contributed by atoms with Crippen molar-refractivity contribution in [2.75, 3.05) is 12.4 Å². The van der Waals surface area contributed by atoms with Crippen molar-refractivity contribution in [1.29, 1.82) is 0 Å². The average Bonchev–Trinajstić information content (AvgIpc) is 3.41. The van der Waals surface area contributed by atoms with Crippen LogP contribution in [0.15, 0.2) is 66.0 Å². The lowest BCUT2D eigenvalue weighted by atomic mass is 10.1. The number of hydrogen-bond acceptors (Lipinski definition) is 5. The number of hydrogen-bond donors (Lipinski definition) is 1. The van der Waals surface area contributed by atoms with Crippen LogP contribution < -0.4 is 10.1 Å². The molecule has 0 fully saturated rings. The zero-order chi connectivity index (χ0) is 21.6. The lowest BCUT2D eigenvalue weighted by molar-refractivity contribution is -0.116. The van der Waals surface area contributed by atoms with Gasteiger partial charge in [0.2, 0.25) is 11.0 Å². The van der Waals surface area contributed by atoms with Crippen molar-refractivity contribution in [2.24, 2.45) is 0 Å². The zero-order valence-electron chi connectivity index (χ0n) is 17.5. The number of anilines is 1. The topological polar surface area (TPSA) is 69.0 Å². The number of rotatable bonds is 8. The largest absolute Gasteiger partial charge is 0.497 e. The highest BCUT2D eigenvalue weighted by Gasteiger charge is 2.14. The molecule has 0 saturated heterocycles. The first-order chi connectivity index (χ1) is 15.1. The predicted octanol–water partition coefficient (Wildman–Crippen LogP) is 5.27. The van der Waals surface area contributed by atoms with E-state index in [9.17, 15) is 4.79 Å². The predicted molar refractivity (Wildman–Crippen MR) is 124 cm³/mol. The summed E-state index contributed by atoms with van der Waals surface area (Å²) >= 11 is 1.48. The van der Waals surface area contributed by atoms with Crippen LogP contribution in [0.4, 0.5) is 5.82 Å². The molecule has 0 atom stereocenters. The molecule has 4 aromatic rings. The summed E-state index contributed by atoms with van der Waals surface area (Å²) in [6, 6.07) is 19.8. The molecule has 6 nitrogen and oxygen atoms in total. The minimum absolute atomic E-state index is 0.0241. The van der Waals surface area contributed by atoms with Crippen molar-refractivity contribution in [3.63, 3.8) is 0 Å². The van der Waals surface area contributed by atoms with Crippen LogP contribution in [0.2, 0.25) is 0 Å². The average molecular weight is 433 g/mol. The van der Waals surface area contributed by atoms with Gasteiger partial charge >= 0.3 is 0 Å². The molecular formula is C24H24N4O2S. The summed E-state index contributed by atoms with van der Waals surface area (Å²) in [6.07, 6.45) is 2.13. The number of thiazole rings is 1. The van der Waals surface area contributed by atoms with Gasteiger partial charge in [-0.3, -0.25) is 4.79 Å². The van der Waals surface area contributed by atoms with Crippen LogP contribution in [0, 0.1) is 6.92 Å². The monoisotopic (exact) mass is 432 g/mol. The molecule has 2 aromatic carbocycles. The molecule has 0 aliphatic carbocycles. The van der Waals surface area contributed by atoms with E-state index in [2.05, 4.69) is 22.5 Å². The minimum atomic E-state index is -0.0241. The lowest BCUT2D eigenvalue weighted by Gasteiger charge is -2.07. The fourth-order valence-corrected chi connectivity index (χ4v) is 4.09. The van der Waals surface area contributed by atoms with Gasteiger partial charge in [-0.15, -0.1) is 11.3 Å². The summed E-state index contributed by atoms with van der Waals surface area (Å²) in [6.45, 7) is 1.90. The van der Waals surface area contributed by atoms with E-state index < -0.39 is 0 Å². The maximum Gasteiger partial charge on any atom is 0.225 e. The van der Waals surface area contributed by atoms with Crippen molar-refractivity contribution >= 4 is 23.1 Å². The number of benzene rings is 2. The first kappa shape index (κ1) is 20.8. The van der Waals surface area contributed by atoms with Crippen molar-refractivity contribution in [1.82, 2.24) is 14.8 Å². The second kappa shape index (κ2) is 9.57. The van der Waals surface area contributed by atoms with Gasteiger partial charge < -0.3 is 10.1 Å². The Bertz CT molecular complexity index is 1150. The number of aromatic nitrogens is 3. The Morgan fingerprint density at radius 2 is 1.90 bits per heavy atom. The molecule has 0 spiro atoms. The number of carbonyl (C=O) groups is 1. The van der Waals surface area contributed by atoms with Crippen LogP contribution in [0.5, 0.6) is 5.75 Å². The highest BCUT2D eigenvalue weighted by atomic mass is 32.1. The van der Waals surface area contributed by atoms with Gasteiger partial charge in [0.25, 0.3) is 0 Å². The number of nitrogens with zero attached hydrogens (tertiary/aromatic N) is 3. The Labute approximate surface area is 185 Å². The van der Waals surface area contributed by atoms with Crippen LogP contribution in [-0.4, -0.2) is 27.8 Å². The van der Waals surface area contributed by atoms with E-state index in [1.807, 2.05) is 60.8 Å². The van der Waals surface area contributed by atoms with E-state index in [-0.39, 0.29) is 5.91 Å². The quantitative estimate of drug-likeness (QED) is 0.412. The smallest absolute Gasteiger partial charge is 0.225 e. The summed E-state index contributed by atoms with van der Waals surface area (Å²) in [5, 5.41) is 10.2. The molecule has 1 N–H and O–H groups in total. The number of nitrogens with one attached hydrogen (secondary N) is 1. The van der Waals surface area contributed by atoms with E-state index >= 15 is 0 Å². The van der Waals surface area contributed by atoms with E-state index in [0.29, 0.717) is 17.4 Å². The first-order valence-corrected chi connectivity index (χ1v) is 11.0. The lowest BCUT2D eigenvalue weighted by Crippen LogP contribution is -2.14. The van der Waals surface area contributed by atoms with Gasteiger partial charge in [-0.05, 0) is 49.6 Å². The first-order valence-electron chi connectivity index (χ1n) is 10.1. The summed E-state index contributed by atoms with van der Waals surface area (Å²) in [5.74, 6) is 1.42. The number of carbonyl (C=O) groups excluding carboxylic acids is 1. The Morgan fingerprint density at radius 1 is 1.13 bits per heavy atom. The van der Waals surface area contributed by atoms with Crippen molar-refractivity contribution in [3.05, 3.63) is 77.3 Å². The van der Waals surface area contributed by atoms with Gasteiger partial charge in [-0.1, -0.05) is 30.3 Å². The molecule has 2 heterocycles. The summed E-state index contributed by atoms with van der Waals surface area (Å²) in [7, 11) is 1.65. The second-order valence-corrected chi connectivity index (χ2v) is 8.05. The van der Waals surface area contributed by atoms with E-state index in [1.54, 1.807) is 11.8 Å². The second-order valence-electron chi connectivity index (χ2n) is 7.21. The third kappa shape index (κ3) is 5.19. The molecule has 0 aliphatic heterocycles. The van der Waals surface area contributed by atoms with Gasteiger partial charge in [0.1, 0.15) is 11.6 Å². The maximum absolute atomic E-state index is 12.5. The number of methoxy groups -OCH3 is 1. The van der Waals surface area contributed by atoms with Gasteiger partial charge in [0.15, 0.2) is 0 Å². The molecule has 4 rings (SSSR count). The molecular weight excluding hydrogens is 408 g/mol. The number of amides is 1. The number of ether oxygens (including phenoxy) is 1. The van der Waals surface area contributed by atoms with Gasteiger partial charge in [-0.25, -0.2) is 4.98 Å². The third-order valence-corrected chi connectivity index (χ3v) is 5.69. The highest BCUT2D eigenvalue weighted by Crippen LogP contribution is 2.27. The van der Waals surface area contributed by atoms with Crippen molar-refractivity contribution in [3.8, 4) is 22.1 Å². The van der Waals surface area contributed by atoms with Gasteiger partial charge in [0, 0.05) is 23.4 Å². The van der Waals surface area contributed by atoms with E-state index in [0.717, 1.165) is 35.5 Å². The molecule has 1 amide bonds. The summed E-state index contributed by atoms with van der Waals surface area (Å²) < 4.78 is 6.91. The normalized spacial score (nSPS) is 10.8. The van der Waals surface area contributed by atoms with Crippen molar-refractivity contribution in [2.45, 2.75) is 26.2 Å². The van der Waals surface area contributed by atoms with Crippen LogP contribution in [0.1, 0.15) is 24.1 Å². The summed E-state index contributed by atoms with van der Waals surface area (Å²) in [4.78, 5) is 17.2. The van der Waals surface area contributed by atoms with Crippen LogP contribution in [-0.2, 0) is 11.2 Å². The van der Waals surface area contributed by atoms with Crippen molar-refractivity contribution < 1.29 is 9.53 Å². The van der Waals surface area contributed by atoms with Crippen LogP contribution in [0.3, 0.4) is 0 Å². The highest BCUT2D eigenvalue weighted by molar-refractivity contribution is 7.12. The Balaban J connectivity index is 1.43. The van der Waals surface area contributed by atoms with Gasteiger partial charge in [0.05, 0.1) is 18.5 Å². The molecule has 2 aromatic heterocycles. The zero-order valence-corrected chi connectivity index (χ0v) is 18.4. The fraction of sp³-hybridized carbons (Fsp3) is 0.208. The molecule has 0 unspecified atom stereocenters. The van der Waals surface area contributed by atoms with Gasteiger partial charge in [-0.2, -0.15) is 9.78 Å². The molecule has 0 saturated carbocycles. The molecule has 31 heavy (non-hydrogen) atoms. The van der Waals surface area contributed by atoms with Crippen LogP contribution in [0.25, 0.3) is 16.4 Å². The minimum Gasteiger partial charge on any atom is -0.497 e. The molecule has 0 bridgehead atoms. The maximum atomic E-state index is 12.5. The standard InChI is InChI=1S/C24H24N4O2S/c1-17-15-22(26-23(29)10-6-9-18-7-4-3-5-8-18)28(27-17)24-25-21(16-31-24)19-11-13-20(30-2)14-12-19/h3-5,7-8,11-16H,6,9-10H2,1-2H3,(H,26,29). The molecule has 0 radical (unpaired) electrons. The SMILES string of the molecule is COc1ccc(-c2csc(-n3nc(C)cc3NC(=O)CCCc3ccccc3)n2)cc1. The molecule has 158 valence electrons. The third-order valence-electron chi connectivity index (χ3n) is 4.87.